The summed E-state index contributed by atoms with van der Waals surface area (Å²) in [5.41, 5.74) is 5.22. The number of aromatic nitrogens is 1. The van der Waals surface area contributed by atoms with Gasteiger partial charge in [-0.25, -0.2) is 5.43 Å². The minimum absolute atomic E-state index is 0.0306. The predicted octanol–water partition coefficient (Wildman–Crippen LogP) is 5.38. The summed E-state index contributed by atoms with van der Waals surface area (Å²) >= 11 is 1.97. The van der Waals surface area contributed by atoms with Crippen molar-refractivity contribution >= 4 is 66.6 Å². The minimum Gasteiger partial charge on any atom is -0.490 e. The number of ether oxygens (including phenoxy) is 1. The fourth-order valence-electron chi connectivity index (χ4n) is 4.47. The number of amides is 1. The van der Waals surface area contributed by atoms with Crippen LogP contribution >= 0.6 is 22.6 Å². The lowest BCUT2D eigenvalue weighted by Gasteiger charge is -2.15. The van der Waals surface area contributed by atoms with Crippen LogP contribution in [0.15, 0.2) is 99.7 Å². The van der Waals surface area contributed by atoms with Crippen LogP contribution in [0.3, 0.4) is 0 Å². The molecule has 0 aliphatic carbocycles. The lowest BCUT2D eigenvalue weighted by molar-refractivity contribution is -0.121. The third kappa shape index (κ3) is 6.16. The van der Waals surface area contributed by atoms with Crippen LogP contribution in [0.5, 0.6) is 11.5 Å². The van der Waals surface area contributed by atoms with E-state index in [9.17, 15) is 18.0 Å². The van der Waals surface area contributed by atoms with Crippen LogP contribution in [0.2, 0.25) is 0 Å². The SMILES string of the molecule is CCOc1cc(/C=N\NC(=O)Cn2c3ccccc3c(=O)c3ccccc32)cc(I)c1OS(=O)(=O)c1ccc(C)cc1. The van der Waals surface area contributed by atoms with Crippen molar-refractivity contribution in [1.29, 1.82) is 0 Å². The second-order valence-electron chi connectivity index (χ2n) is 9.36. The van der Waals surface area contributed by atoms with Gasteiger partial charge in [-0.15, -0.1) is 0 Å². The molecule has 0 saturated heterocycles. The molecule has 1 aromatic heterocycles. The number of carbonyl (C=O) groups is 1. The first kappa shape index (κ1) is 29.3. The number of pyridine rings is 1. The highest BCUT2D eigenvalue weighted by Gasteiger charge is 2.22. The first-order valence-corrected chi connectivity index (χ1v) is 15.5. The van der Waals surface area contributed by atoms with Crippen LogP contribution in [0.4, 0.5) is 0 Å². The Balaban J connectivity index is 1.37. The number of benzene rings is 4. The Morgan fingerprint density at radius 3 is 2.21 bits per heavy atom. The first-order chi connectivity index (χ1) is 20.2. The van der Waals surface area contributed by atoms with Crippen LogP contribution < -0.4 is 19.8 Å². The summed E-state index contributed by atoms with van der Waals surface area (Å²) in [6.45, 7) is 3.85. The number of nitrogens with zero attached hydrogens (tertiary/aromatic N) is 2. The van der Waals surface area contributed by atoms with Gasteiger partial charge in [-0.1, -0.05) is 42.0 Å². The molecule has 1 heterocycles. The van der Waals surface area contributed by atoms with E-state index in [1.54, 1.807) is 72.2 Å². The molecular formula is C31H26IN3O6S. The highest BCUT2D eigenvalue weighted by atomic mass is 127. The van der Waals surface area contributed by atoms with Crippen LogP contribution in [0, 0.1) is 10.5 Å². The van der Waals surface area contributed by atoms with Gasteiger partial charge in [0.1, 0.15) is 11.4 Å². The Morgan fingerprint density at radius 2 is 1.60 bits per heavy atom. The molecule has 4 aromatic carbocycles. The first-order valence-electron chi connectivity index (χ1n) is 13.0. The van der Waals surface area contributed by atoms with Gasteiger partial charge in [0.25, 0.3) is 5.91 Å². The molecule has 9 nitrogen and oxygen atoms in total. The maximum atomic E-state index is 13.0. The summed E-state index contributed by atoms with van der Waals surface area (Å²) < 4.78 is 39.3. The van der Waals surface area contributed by atoms with Gasteiger partial charge in [-0.05, 0) is 90.5 Å². The number of carbonyl (C=O) groups excluding carboxylic acids is 1. The van der Waals surface area contributed by atoms with Gasteiger partial charge in [-0.3, -0.25) is 9.59 Å². The molecule has 5 rings (SSSR count). The van der Waals surface area contributed by atoms with Crippen molar-refractivity contribution in [3.8, 4) is 11.5 Å². The van der Waals surface area contributed by atoms with E-state index in [1.165, 1.54) is 18.3 Å². The number of fused-ring (bicyclic) bond motifs is 2. The third-order valence-electron chi connectivity index (χ3n) is 6.42. The van der Waals surface area contributed by atoms with Crippen molar-refractivity contribution in [3.63, 3.8) is 0 Å². The lowest BCUT2D eigenvalue weighted by atomic mass is 10.1. The van der Waals surface area contributed by atoms with E-state index >= 15 is 0 Å². The van der Waals surface area contributed by atoms with E-state index in [0.29, 0.717) is 30.9 Å². The highest BCUT2D eigenvalue weighted by Crippen LogP contribution is 2.36. The number of hydrazone groups is 1. The van der Waals surface area contributed by atoms with Crippen LogP contribution in [0.1, 0.15) is 18.1 Å². The molecule has 0 radical (unpaired) electrons. The monoisotopic (exact) mass is 695 g/mol. The van der Waals surface area contributed by atoms with Gasteiger partial charge in [0.15, 0.2) is 16.9 Å². The fraction of sp³-hybridized carbons (Fsp3) is 0.129. The minimum atomic E-state index is -4.10. The number of nitrogens with one attached hydrogen (secondary N) is 1. The molecule has 0 unspecified atom stereocenters. The molecule has 0 spiro atoms. The second-order valence-corrected chi connectivity index (χ2v) is 12.1. The smallest absolute Gasteiger partial charge is 0.339 e. The summed E-state index contributed by atoms with van der Waals surface area (Å²) in [5.74, 6) is -0.107. The largest absolute Gasteiger partial charge is 0.490 e. The Kier molecular flexibility index (Phi) is 8.59. The molecule has 42 heavy (non-hydrogen) atoms. The maximum absolute atomic E-state index is 13.0. The molecule has 214 valence electrons. The molecule has 1 amide bonds. The lowest BCUT2D eigenvalue weighted by Crippen LogP contribution is -2.25. The zero-order valence-electron chi connectivity index (χ0n) is 22.7. The average molecular weight is 696 g/mol. The summed E-state index contributed by atoms with van der Waals surface area (Å²) in [5, 5.41) is 5.15. The molecule has 1 N–H and O–H groups in total. The Morgan fingerprint density at radius 1 is 0.976 bits per heavy atom. The van der Waals surface area contributed by atoms with Gasteiger partial charge in [-0.2, -0.15) is 13.5 Å². The van der Waals surface area contributed by atoms with Crippen LogP contribution in [-0.4, -0.2) is 31.7 Å². The molecule has 0 bridgehead atoms. The van der Waals surface area contributed by atoms with Crippen molar-refractivity contribution in [2.75, 3.05) is 6.61 Å². The van der Waals surface area contributed by atoms with E-state index in [2.05, 4.69) is 10.5 Å². The third-order valence-corrected chi connectivity index (χ3v) is 8.45. The molecular weight excluding hydrogens is 669 g/mol. The quantitative estimate of drug-likeness (QED) is 0.0728. The Labute approximate surface area is 256 Å². The molecule has 0 atom stereocenters. The Hall–Kier alpha value is -4.23. The van der Waals surface area contributed by atoms with Crippen LogP contribution in [-0.2, 0) is 21.5 Å². The molecule has 11 heteroatoms. The number of aryl methyl sites for hydroxylation is 1. The Bertz CT molecular complexity index is 1940. The number of para-hydroxylation sites is 2. The normalized spacial score (nSPS) is 11.7. The van der Waals surface area contributed by atoms with Gasteiger partial charge >= 0.3 is 10.1 Å². The maximum Gasteiger partial charge on any atom is 0.339 e. The summed E-state index contributed by atoms with van der Waals surface area (Å²) in [4.78, 5) is 25.9. The van der Waals surface area contributed by atoms with E-state index in [4.69, 9.17) is 8.92 Å². The van der Waals surface area contributed by atoms with Gasteiger partial charge in [0.2, 0.25) is 0 Å². The van der Waals surface area contributed by atoms with Gasteiger partial charge < -0.3 is 13.5 Å². The number of hydrogen-bond acceptors (Lipinski definition) is 7. The standard InChI is InChI=1S/C31H26IN3O6S/c1-3-40-28-17-21(16-25(32)31(28)41-42(38,39)22-14-12-20(2)13-15-22)18-33-34-29(36)19-35-26-10-6-4-8-23(26)30(37)24-9-5-7-11-27(24)35/h4-18H,3,19H2,1-2H3,(H,34,36)/b33-18-. The molecule has 5 aromatic rings. The number of hydrogen-bond donors (Lipinski definition) is 1. The molecule has 0 fully saturated rings. The van der Waals surface area contributed by atoms with Crippen molar-refractivity contribution in [3.05, 3.63) is 110 Å². The van der Waals surface area contributed by atoms with E-state index in [-0.39, 0.29) is 35.0 Å². The topological polar surface area (TPSA) is 116 Å². The predicted molar refractivity (Wildman–Crippen MR) is 171 cm³/mol. The molecule has 0 aliphatic heterocycles. The molecule has 0 aliphatic rings. The summed E-state index contributed by atoms with van der Waals surface area (Å²) in [7, 11) is -4.10. The van der Waals surface area contributed by atoms with E-state index in [0.717, 1.165) is 5.56 Å². The van der Waals surface area contributed by atoms with Gasteiger partial charge in [0.05, 0.1) is 27.4 Å². The highest BCUT2D eigenvalue weighted by molar-refractivity contribution is 14.1. The molecule has 0 saturated carbocycles. The van der Waals surface area contributed by atoms with E-state index in [1.807, 2.05) is 41.6 Å². The summed E-state index contributed by atoms with van der Waals surface area (Å²) in [6.07, 6.45) is 1.43. The van der Waals surface area contributed by atoms with Gasteiger partial charge in [0, 0.05) is 10.8 Å². The zero-order chi connectivity index (χ0) is 29.9. The van der Waals surface area contributed by atoms with E-state index < -0.39 is 16.0 Å². The van der Waals surface area contributed by atoms with Crippen molar-refractivity contribution in [2.24, 2.45) is 5.10 Å². The summed E-state index contributed by atoms with van der Waals surface area (Å²) in [6, 6.07) is 23.9. The van der Waals surface area contributed by atoms with Crippen LogP contribution in [0.25, 0.3) is 21.8 Å². The second kappa shape index (κ2) is 12.3. The van der Waals surface area contributed by atoms with Crippen molar-refractivity contribution in [1.82, 2.24) is 9.99 Å². The number of rotatable bonds is 9. The average Bonchev–Trinajstić information content (AvgIpc) is 2.97. The number of halogens is 1. The van der Waals surface area contributed by atoms with Crippen molar-refractivity contribution in [2.45, 2.75) is 25.3 Å². The zero-order valence-corrected chi connectivity index (χ0v) is 25.7. The van der Waals surface area contributed by atoms with Crippen molar-refractivity contribution < 1.29 is 22.1 Å². The fourth-order valence-corrected chi connectivity index (χ4v) is 6.32.